The van der Waals surface area contributed by atoms with Crippen LogP contribution in [0.25, 0.3) is 0 Å². The predicted molar refractivity (Wildman–Crippen MR) is 112 cm³/mol. The van der Waals surface area contributed by atoms with Crippen molar-refractivity contribution in [2.75, 3.05) is 50.1 Å². The number of para-hydroxylation sites is 2. The van der Waals surface area contributed by atoms with E-state index in [4.69, 9.17) is 39.5 Å². The molecule has 5 nitrogen and oxygen atoms in total. The predicted octanol–water partition coefficient (Wildman–Crippen LogP) is 4.42. The minimum Gasteiger partial charge on any atom is -0.495 e. The first-order valence-corrected chi connectivity index (χ1v) is 9.66. The van der Waals surface area contributed by atoms with Gasteiger partial charge in [0.25, 0.3) is 0 Å². The van der Waals surface area contributed by atoms with Crippen LogP contribution >= 0.6 is 34.8 Å². The van der Waals surface area contributed by atoms with E-state index >= 15 is 0 Å². The van der Waals surface area contributed by atoms with Gasteiger partial charge in [-0.2, -0.15) is 0 Å². The van der Waals surface area contributed by atoms with Crippen molar-refractivity contribution < 1.29 is 9.53 Å². The number of nitrogens with zero attached hydrogens (tertiary/aromatic N) is 2. The number of hydrogen-bond acceptors (Lipinski definition) is 4. The van der Waals surface area contributed by atoms with Crippen LogP contribution in [0.15, 0.2) is 36.4 Å². The van der Waals surface area contributed by atoms with Gasteiger partial charge in [0.2, 0.25) is 5.91 Å². The van der Waals surface area contributed by atoms with E-state index in [1.54, 1.807) is 13.2 Å². The Balaban J connectivity index is 1.55. The van der Waals surface area contributed by atoms with Crippen LogP contribution in [0.1, 0.15) is 0 Å². The molecule has 27 heavy (non-hydrogen) atoms. The molecule has 0 atom stereocenters. The highest BCUT2D eigenvalue weighted by molar-refractivity contribution is 6.44. The summed E-state index contributed by atoms with van der Waals surface area (Å²) in [4.78, 5) is 16.7. The lowest BCUT2D eigenvalue weighted by Gasteiger charge is -2.36. The molecule has 1 amide bonds. The Labute approximate surface area is 173 Å². The molecule has 0 unspecified atom stereocenters. The molecule has 2 aromatic carbocycles. The number of hydrogen-bond donors (Lipinski definition) is 1. The molecule has 1 heterocycles. The zero-order chi connectivity index (χ0) is 19.4. The molecule has 144 valence electrons. The lowest BCUT2D eigenvalue weighted by molar-refractivity contribution is -0.117. The topological polar surface area (TPSA) is 44.8 Å². The van der Waals surface area contributed by atoms with Gasteiger partial charge in [-0.1, -0.05) is 46.9 Å². The van der Waals surface area contributed by atoms with Crippen LogP contribution in [-0.2, 0) is 4.79 Å². The summed E-state index contributed by atoms with van der Waals surface area (Å²) in [5.41, 5.74) is 1.54. The third-order valence-corrected chi connectivity index (χ3v) is 5.48. The maximum Gasteiger partial charge on any atom is 0.238 e. The highest BCUT2D eigenvalue weighted by Gasteiger charge is 2.21. The van der Waals surface area contributed by atoms with E-state index in [9.17, 15) is 4.79 Å². The number of anilines is 2. The molecule has 0 saturated carbocycles. The van der Waals surface area contributed by atoms with Crippen LogP contribution < -0.4 is 15.0 Å². The number of nitrogens with one attached hydrogen (secondary N) is 1. The monoisotopic (exact) mass is 427 g/mol. The number of carbonyl (C=O) groups is 1. The molecule has 8 heteroatoms. The average Bonchev–Trinajstić information content (AvgIpc) is 2.66. The van der Waals surface area contributed by atoms with Gasteiger partial charge in [0.1, 0.15) is 5.75 Å². The number of piperazine rings is 1. The van der Waals surface area contributed by atoms with Gasteiger partial charge in [-0.25, -0.2) is 0 Å². The number of methoxy groups -OCH3 is 1. The van der Waals surface area contributed by atoms with E-state index in [-0.39, 0.29) is 12.5 Å². The van der Waals surface area contributed by atoms with Crippen molar-refractivity contribution in [3.8, 4) is 5.75 Å². The number of amides is 1. The second-order valence-electron chi connectivity index (χ2n) is 6.23. The molecule has 0 aromatic heterocycles. The Morgan fingerprint density at radius 1 is 1.04 bits per heavy atom. The summed E-state index contributed by atoms with van der Waals surface area (Å²) in [5, 5.41) is 3.86. The van der Waals surface area contributed by atoms with E-state index in [0.29, 0.717) is 20.8 Å². The van der Waals surface area contributed by atoms with Crippen LogP contribution in [0.4, 0.5) is 11.4 Å². The molecule has 1 aliphatic rings. The van der Waals surface area contributed by atoms with Crippen molar-refractivity contribution >= 4 is 52.1 Å². The molecule has 0 radical (unpaired) electrons. The first kappa shape index (κ1) is 20.1. The fraction of sp³-hybridized carbons (Fsp3) is 0.316. The van der Waals surface area contributed by atoms with Gasteiger partial charge in [-0.15, -0.1) is 0 Å². The number of halogens is 3. The van der Waals surface area contributed by atoms with E-state index in [1.807, 2.05) is 24.3 Å². The molecular weight excluding hydrogens is 409 g/mol. The molecule has 0 aliphatic carbocycles. The molecule has 2 aromatic rings. The number of benzene rings is 2. The van der Waals surface area contributed by atoms with Gasteiger partial charge in [-0.05, 0) is 24.3 Å². The first-order chi connectivity index (χ1) is 13.0. The van der Waals surface area contributed by atoms with Crippen molar-refractivity contribution in [2.45, 2.75) is 0 Å². The minimum atomic E-state index is -0.138. The molecule has 1 N–H and O–H groups in total. The van der Waals surface area contributed by atoms with Gasteiger partial charge in [0, 0.05) is 26.2 Å². The van der Waals surface area contributed by atoms with E-state index < -0.39 is 0 Å². The standard InChI is InChI=1S/C19H20Cl3N3O2/c1-27-18-5-3-2-4-17(18)25-8-6-24(7-9-25)12-19(26)23-16-11-14(21)13(20)10-15(16)22/h2-5,10-11H,6-9,12H2,1H3,(H,23,26). The van der Waals surface area contributed by atoms with Gasteiger partial charge in [-0.3, -0.25) is 9.69 Å². The minimum absolute atomic E-state index is 0.138. The first-order valence-electron chi connectivity index (χ1n) is 8.52. The normalized spacial score (nSPS) is 14.9. The highest BCUT2D eigenvalue weighted by Crippen LogP contribution is 2.32. The molecule has 3 rings (SSSR count). The zero-order valence-corrected chi connectivity index (χ0v) is 17.1. The van der Waals surface area contributed by atoms with Crippen LogP contribution in [0.5, 0.6) is 5.75 Å². The van der Waals surface area contributed by atoms with Gasteiger partial charge >= 0.3 is 0 Å². The van der Waals surface area contributed by atoms with Crippen molar-refractivity contribution in [3.63, 3.8) is 0 Å². The maximum atomic E-state index is 12.4. The van der Waals surface area contributed by atoms with Gasteiger partial charge in [0.05, 0.1) is 40.1 Å². The third-order valence-electron chi connectivity index (χ3n) is 4.45. The van der Waals surface area contributed by atoms with E-state index in [0.717, 1.165) is 37.6 Å². The quantitative estimate of drug-likeness (QED) is 0.716. The van der Waals surface area contributed by atoms with Crippen LogP contribution in [0.2, 0.25) is 15.1 Å². The Kier molecular flexibility index (Phi) is 6.71. The zero-order valence-electron chi connectivity index (χ0n) is 14.8. The summed E-state index contributed by atoms with van der Waals surface area (Å²) in [6.07, 6.45) is 0. The summed E-state index contributed by atoms with van der Waals surface area (Å²) in [5.74, 6) is 0.721. The third kappa shape index (κ3) is 4.99. The molecule has 1 saturated heterocycles. The molecule has 1 aliphatic heterocycles. The summed E-state index contributed by atoms with van der Waals surface area (Å²) in [6, 6.07) is 11.0. The Morgan fingerprint density at radius 3 is 2.41 bits per heavy atom. The van der Waals surface area contributed by atoms with Crippen LogP contribution in [0.3, 0.4) is 0 Å². The van der Waals surface area contributed by atoms with E-state index in [2.05, 4.69) is 15.1 Å². The van der Waals surface area contributed by atoms with Gasteiger partial charge in [0.15, 0.2) is 0 Å². The molecule has 0 spiro atoms. The second-order valence-corrected chi connectivity index (χ2v) is 7.45. The lowest BCUT2D eigenvalue weighted by Crippen LogP contribution is -2.48. The number of ether oxygens (including phenoxy) is 1. The van der Waals surface area contributed by atoms with Crippen molar-refractivity contribution in [1.82, 2.24) is 4.90 Å². The molecular formula is C19H20Cl3N3O2. The fourth-order valence-corrected chi connectivity index (χ4v) is 3.64. The summed E-state index contributed by atoms with van der Waals surface area (Å²) in [6.45, 7) is 3.49. The average molecular weight is 429 g/mol. The van der Waals surface area contributed by atoms with Crippen molar-refractivity contribution in [1.29, 1.82) is 0 Å². The van der Waals surface area contributed by atoms with Gasteiger partial charge < -0.3 is 15.0 Å². The fourth-order valence-electron chi connectivity index (χ4n) is 3.05. The summed E-state index contributed by atoms with van der Waals surface area (Å²) < 4.78 is 5.43. The maximum absolute atomic E-state index is 12.4. The molecule has 1 fully saturated rings. The number of carbonyl (C=O) groups excluding carboxylic acids is 1. The van der Waals surface area contributed by atoms with Crippen LogP contribution in [-0.4, -0.2) is 50.6 Å². The summed E-state index contributed by atoms with van der Waals surface area (Å²) in [7, 11) is 1.67. The Bertz CT molecular complexity index is 824. The Morgan fingerprint density at radius 2 is 1.70 bits per heavy atom. The van der Waals surface area contributed by atoms with Crippen molar-refractivity contribution in [3.05, 3.63) is 51.5 Å². The van der Waals surface area contributed by atoms with Crippen LogP contribution in [0, 0.1) is 0 Å². The smallest absolute Gasteiger partial charge is 0.238 e. The highest BCUT2D eigenvalue weighted by atomic mass is 35.5. The second kappa shape index (κ2) is 9.02. The largest absolute Gasteiger partial charge is 0.495 e. The number of rotatable bonds is 5. The Hall–Kier alpha value is -1.66. The summed E-state index contributed by atoms with van der Waals surface area (Å²) >= 11 is 18.0. The van der Waals surface area contributed by atoms with E-state index in [1.165, 1.54) is 6.07 Å². The SMILES string of the molecule is COc1ccccc1N1CCN(CC(=O)Nc2cc(Cl)c(Cl)cc2Cl)CC1. The lowest BCUT2D eigenvalue weighted by atomic mass is 10.2. The van der Waals surface area contributed by atoms with Crippen molar-refractivity contribution in [2.24, 2.45) is 0 Å². The molecule has 0 bridgehead atoms.